The highest BCUT2D eigenvalue weighted by atomic mass is 79.9. The van der Waals surface area contributed by atoms with Gasteiger partial charge in [0.05, 0.1) is 0 Å². The van der Waals surface area contributed by atoms with Crippen molar-refractivity contribution in [3.05, 3.63) is 62.5 Å². The molecule has 0 aliphatic rings. The van der Waals surface area contributed by atoms with Gasteiger partial charge in [0.25, 0.3) is 0 Å². The SMILES string of the molecule is Cc1ccc(CNc2ccc(Br)cc2)c(Br)c1. The van der Waals surface area contributed by atoms with Gasteiger partial charge in [-0.15, -0.1) is 0 Å². The predicted octanol–water partition coefficient (Wildman–Crippen LogP) is 5.13. The summed E-state index contributed by atoms with van der Waals surface area (Å²) in [4.78, 5) is 0. The van der Waals surface area contributed by atoms with Gasteiger partial charge in [-0.3, -0.25) is 0 Å². The molecule has 17 heavy (non-hydrogen) atoms. The smallest absolute Gasteiger partial charge is 0.0411 e. The lowest BCUT2D eigenvalue weighted by Gasteiger charge is -2.09. The lowest BCUT2D eigenvalue weighted by atomic mass is 10.1. The van der Waals surface area contributed by atoms with Gasteiger partial charge < -0.3 is 5.32 Å². The van der Waals surface area contributed by atoms with E-state index in [1.54, 1.807) is 0 Å². The third-order valence-corrected chi connectivity index (χ3v) is 3.80. The largest absolute Gasteiger partial charge is 0.381 e. The Morgan fingerprint density at radius 3 is 2.35 bits per heavy atom. The fourth-order valence-electron chi connectivity index (χ4n) is 1.56. The molecule has 2 aromatic carbocycles. The fourth-order valence-corrected chi connectivity index (χ4v) is 2.46. The summed E-state index contributed by atoms with van der Waals surface area (Å²) in [7, 11) is 0. The Morgan fingerprint density at radius 2 is 1.71 bits per heavy atom. The molecule has 2 aromatic rings. The topological polar surface area (TPSA) is 12.0 Å². The van der Waals surface area contributed by atoms with Crippen molar-refractivity contribution in [2.45, 2.75) is 13.5 Å². The Balaban J connectivity index is 2.04. The molecule has 0 atom stereocenters. The number of rotatable bonds is 3. The second kappa shape index (κ2) is 5.69. The summed E-state index contributed by atoms with van der Waals surface area (Å²) in [6, 6.07) is 14.6. The molecule has 2 rings (SSSR count). The number of halogens is 2. The minimum absolute atomic E-state index is 0.822. The highest BCUT2D eigenvalue weighted by molar-refractivity contribution is 9.10. The fraction of sp³-hybridized carbons (Fsp3) is 0.143. The van der Waals surface area contributed by atoms with Crippen molar-refractivity contribution in [2.24, 2.45) is 0 Å². The minimum atomic E-state index is 0.822. The summed E-state index contributed by atoms with van der Waals surface area (Å²) < 4.78 is 2.25. The van der Waals surface area contributed by atoms with Crippen molar-refractivity contribution in [1.29, 1.82) is 0 Å². The van der Waals surface area contributed by atoms with Crippen LogP contribution in [0.15, 0.2) is 51.4 Å². The zero-order valence-electron chi connectivity index (χ0n) is 9.50. The number of aryl methyl sites for hydroxylation is 1. The second-order valence-corrected chi connectivity index (χ2v) is 5.73. The van der Waals surface area contributed by atoms with Crippen LogP contribution < -0.4 is 5.32 Å². The Kier molecular flexibility index (Phi) is 4.24. The molecule has 88 valence electrons. The molecule has 0 aliphatic carbocycles. The van der Waals surface area contributed by atoms with E-state index in [0.29, 0.717) is 0 Å². The number of hydrogen-bond donors (Lipinski definition) is 1. The third-order valence-electron chi connectivity index (χ3n) is 2.54. The summed E-state index contributed by atoms with van der Waals surface area (Å²) >= 11 is 7.01. The van der Waals surface area contributed by atoms with E-state index in [1.807, 2.05) is 12.1 Å². The van der Waals surface area contributed by atoms with Gasteiger partial charge in [-0.1, -0.05) is 44.0 Å². The third kappa shape index (κ3) is 3.58. The van der Waals surface area contributed by atoms with Crippen LogP contribution in [0.1, 0.15) is 11.1 Å². The summed E-state index contributed by atoms with van der Waals surface area (Å²) in [6.07, 6.45) is 0. The number of benzene rings is 2. The van der Waals surface area contributed by atoms with Crippen LogP contribution in [-0.4, -0.2) is 0 Å². The molecule has 0 amide bonds. The molecule has 0 bridgehead atoms. The number of nitrogens with one attached hydrogen (secondary N) is 1. The normalized spacial score (nSPS) is 10.3. The first-order chi connectivity index (χ1) is 8.15. The first kappa shape index (κ1) is 12.7. The van der Waals surface area contributed by atoms with Crippen LogP contribution in [0.3, 0.4) is 0 Å². The van der Waals surface area contributed by atoms with Gasteiger partial charge in [0, 0.05) is 21.2 Å². The van der Waals surface area contributed by atoms with E-state index in [1.165, 1.54) is 11.1 Å². The predicted molar refractivity (Wildman–Crippen MR) is 80.3 cm³/mol. The molecule has 0 unspecified atom stereocenters. The zero-order chi connectivity index (χ0) is 12.3. The van der Waals surface area contributed by atoms with Crippen LogP contribution in [-0.2, 0) is 6.54 Å². The van der Waals surface area contributed by atoms with Crippen molar-refractivity contribution >= 4 is 37.5 Å². The highest BCUT2D eigenvalue weighted by Crippen LogP contribution is 2.20. The lowest BCUT2D eigenvalue weighted by Crippen LogP contribution is -2.00. The molecule has 0 fully saturated rings. The van der Waals surface area contributed by atoms with E-state index in [0.717, 1.165) is 21.2 Å². The summed E-state index contributed by atoms with van der Waals surface area (Å²) in [5.74, 6) is 0. The van der Waals surface area contributed by atoms with E-state index in [4.69, 9.17) is 0 Å². The minimum Gasteiger partial charge on any atom is -0.381 e. The van der Waals surface area contributed by atoms with E-state index in [-0.39, 0.29) is 0 Å². The van der Waals surface area contributed by atoms with Crippen LogP contribution in [0.25, 0.3) is 0 Å². The number of anilines is 1. The van der Waals surface area contributed by atoms with Crippen LogP contribution in [0.2, 0.25) is 0 Å². The Labute approximate surface area is 119 Å². The van der Waals surface area contributed by atoms with Crippen LogP contribution in [0.4, 0.5) is 5.69 Å². The van der Waals surface area contributed by atoms with E-state index < -0.39 is 0 Å². The molecule has 1 nitrogen and oxygen atoms in total. The summed E-state index contributed by atoms with van der Waals surface area (Å²) in [5.41, 5.74) is 3.66. The van der Waals surface area contributed by atoms with Crippen molar-refractivity contribution in [3.63, 3.8) is 0 Å². The molecular weight excluding hydrogens is 342 g/mol. The Hall–Kier alpha value is -0.800. The average Bonchev–Trinajstić information content (AvgIpc) is 2.30. The molecule has 1 N–H and O–H groups in total. The molecule has 0 aromatic heterocycles. The van der Waals surface area contributed by atoms with Crippen molar-refractivity contribution in [3.8, 4) is 0 Å². The lowest BCUT2D eigenvalue weighted by molar-refractivity contribution is 1.13. The van der Waals surface area contributed by atoms with Crippen LogP contribution in [0.5, 0.6) is 0 Å². The molecule has 0 radical (unpaired) electrons. The molecular formula is C14H13Br2N. The Bertz CT molecular complexity index is 506. The van der Waals surface area contributed by atoms with Crippen molar-refractivity contribution in [2.75, 3.05) is 5.32 Å². The maximum Gasteiger partial charge on any atom is 0.0411 e. The molecule has 0 heterocycles. The van der Waals surface area contributed by atoms with E-state index in [9.17, 15) is 0 Å². The van der Waals surface area contributed by atoms with Gasteiger partial charge in [-0.05, 0) is 48.4 Å². The molecule has 0 saturated heterocycles. The molecule has 0 saturated carbocycles. The highest BCUT2D eigenvalue weighted by Gasteiger charge is 2.00. The standard InChI is InChI=1S/C14H13Br2N/c1-10-2-3-11(14(16)8-10)9-17-13-6-4-12(15)5-7-13/h2-8,17H,9H2,1H3. The first-order valence-corrected chi connectivity index (χ1v) is 6.98. The van der Waals surface area contributed by atoms with Gasteiger partial charge in [0.2, 0.25) is 0 Å². The molecule has 0 aliphatic heterocycles. The van der Waals surface area contributed by atoms with Gasteiger partial charge in [0.15, 0.2) is 0 Å². The monoisotopic (exact) mass is 353 g/mol. The van der Waals surface area contributed by atoms with Gasteiger partial charge in [-0.2, -0.15) is 0 Å². The van der Waals surface area contributed by atoms with Gasteiger partial charge in [0.1, 0.15) is 0 Å². The summed E-state index contributed by atoms with van der Waals surface area (Å²) in [5, 5.41) is 3.40. The number of hydrogen-bond acceptors (Lipinski definition) is 1. The Morgan fingerprint density at radius 1 is 1.00 bits per heavy atom. The first-order valence-electron chi connectivity index (χ1n) is 5.39. The van der Waals surface area contributed by atoms with Crippen LogP contribution >= 0.6 is 31.9 Å². The van der Waals surface area contributed by atoms with Crippen molar-refractivity contribution in [1.82, 2.24) is 0 Å². The van der Waals surface area contributed by atoms with E-state index >= 15 is 0 Å². The second-order valence-electron chi connectivity index (χ2n) is 3.96. The zero-order valence-corrected chi connectivity index (χ0v) is 12.7. The molecule has 0 spiro atoms. The van der Waals surface area contributed by atoms with Crippen LogP contribution in [0, 0.1) is 6.92 Å². The van der Waals surface area contributed by atoms with Gasteiger partial charge in [-0.25, -0.2) is 0 Å². The maximum atomic E-state index is 3.58. The summed E-state index contributed by atoms with van der Waals surface area (Å²) in [6.45, 7) is 2.92. The van der Waals surface area contributed by atoms with Crippen molar-refractivity contribution < 1.29 is 0 Å². The van der Waals surface area contributed by atoms with Gasteiger partial charge >= 0.3 is 0 Å². The maximum absolute atomic E-state index is 3.58. The molecule has 3 heteroatoms. The quantitative estimate of drug-likeness (QED) is 0.805. The van der Waals surface area contributed by atoms with E-state index in [2.05, 4.69) is 74.4 Å². The average molecular weight is 355 g/mol.